The minimum absolute atomic E-state index is 0.198. The van der Waals surface area contributed by atoms with Crippen LogP contribution in [0.25, 0.3) is 5.52 Å². The highest BCUT2D eigenvalue weighted by atomic mass is 32.1. The topological polar surface area (TPSA) is 98.4 Å². The summed E-state index contributed by atoms with van der Waals surface area (Å²) in [4.78, 5) is 10.9. The van der Waals surface area contributed by atoms with E-state index in [9.17, 15) is 0 Å². The largest absolute Gasteiger partial charge is 0.382 e. The van der Waals surface area contributed by atoms with E-state index in [0.29, 0.717) is 11.7 Å². The van der Waals surface area contributed by atoms with Gasteiger partial charge in [-0.15, -0.1) is 16.4 Å². The van der Waals surface area contributed by atoms with Crippen molar-refractivity contribution >= 4 is 28.6 Å². The van der Waals surface area contributed by atoms with Gasteiger partial charge in [0.15, 0.2) is 5.82 Å². The van der Waals surface area contributed by atoms with Crippen molar-refractivity contribution in [2.45, 2.75) is 18.9 Å². The third-order valence-corrected chi connectivity index (χ3v) is 4.90. The summed E-state index contributed by atoms with van der Waals surface area (Å²) >= 11 is 1.70. The molecule has 1 aliphatic rings. The molecule has 4 N–H and O–H groups in total. The van der Waals surface area contributed by atoms with Gasteiger partial charge in [-0.2, -0.15) is 4.98 Å². The van der Waals surface area contributed by atoms with E-state index < -0.39 is 0 Å². The predicted molar refractivity (Wildman–Crippen MR) is 86.6 cm³/mol. The monoisotopic (exact) mass is 315 g/mol. The number of likely N-dealkylation sites (tertiary alicyclic amines) is 1. The predicted octanol–water partition coefficient (Wildman–Crippen LogP) is 1.34. The van der Waals surface area contributed by atoms with Crippen molar-refractivity contribution in [1.29, 1.82) is 0 Å². The molecule has 22 heavy (non-hydrogen) atoms. The van der Waals surface area contributed by atoms with Gasteiger partial charge in [-0.1, -0.05) is 0 Å². The zero-order valence-corrected chi connectivity index (χ0v) is 12.8. The van der Waals surface area contributed by atoms with Gasteiger partial charge in [0.2, 0.25) is 5.95 Å². The highest BCUT2D eigenvalue weighted by Gasteiger charge is 2.27. The molecule has 0 amide bonds. The van der Waals surface area contributed by atoms with Gasteiger partial charge in [-0.05, 0) is 24.6 Å². The first-order valence-corrected chi connectivity index (χ1v) is 8.09. The van der Waals surface area contributed by atoms with Crippen LogP contribution in [0, 0.1) is 0 Å². The van der Waals surface area contributed by atoms with Crippen LogP contribution in [0.15, 0.2) is 23.8 Å². The Labute approximate surface area is 131 Å². The second kappa shape index (κ2) is 5.22. The van der Waals surface area contributed by atoms with Crippen LogP contribution in [0.3, 0.4) is 0 Å². The number of hydrogen-bond acceptors (Lipinski definition) is 7. The van der Waals surface area contributed by atoms with Crippen LogP contribution in [0.4, 0.5) is 11.8 Å². The number of thiazole rings is 1. The van der Waals surface area contributed by atoms with Gasteiger partial charge >= 0.3 is 0 Å². The van der Waals surface area contributed by atoms with Crippen LogP contribution in [-0.2, 0) is 6.54 Å². The molecule has 0 radical (unpaired) electrons. The van der Waals surface area contributed by atoms with E-state index in [4.69, 9.17) is 11.5 Å². The number of aromatic nitrogens is 4. The molecule has 1 atom stereocenters. The summed E-state index contributed by atoms with van der Waals surface area (Å²) in [5.74, 6) is 1.09. The van der Waals surface area contributed by atoms with Crippen LogP contribution in [0.5, 0.6) is 0 Å². The third-order valence-electron chi connectivity index (χ3n) is 4.14. The average Bonchev–Trinajstić information content (AvgIpc) is 3.18. The molecule has 1 aliphatic heterocycles. The summed E-state index contributed by atoms with van der Waals surface area (Å²) in [5.41, 5.74) is 13.8. The number of fused-ring (bicyclic) bond motifs is 1. The van der Waals surface area contributed by atoms with E-state index >= 15 is 0 Å². The molecule has 3 aromatic heterocycles. The summed E-state index contributed by atoms with van der Waals surface area (Å²) in [6.45, 7) is 2.99. The summed E-state index contributed by atoms with van der Waals surface area (Å²) in [6, 6.07) is 2.08. The lowest BCUT2D eigenvalue weighted by molar-refractivity contribution is 0.326. The molecule has 3 aromatic rings. The smallest absolute Gasteiger partial charge is 0.240 e. The maximum Gasteiger partial charge on any atom is 0.240 e. The first-order chi connectivity index (χ1) is 10.7. The number of nitrogen functional groups attached to an aromatic ring is 2. The fourth-order valence-electron chi connectivity index (χ4n) is 3.18. The van der Waals surface area contributed by atoms with Gasteiger partial charge < -0.3 is 11.5 Å². The van der Waals surface area contributed by atoms with E-state index in [1.165, 1.54) is 5.56 Å². The minimum atomic E-state index is 0.198. The van der Waals surface area contributed by atoms with Crippen LogP contribution in [-0.4, -0.2) is 37.6 Å². The van der Waals surface area contributed by atoms with Gasteiger partial charge in [-0.3, -0.25) is 4.90 Å². The van der Waals surface area contributed by atoms with E-state index in [1.807, 2.05) is 17.8 Å². The number of nitrogens with two attached hydrogens (primary N) is 2. The molecule has 7 nitrogen and oxygen atoms in total. The van der Waals surface area contributed by atoms with Gasteiger partial charge in [-0.25, -0.2) is 9.50 Å². The lowest BCUT2D eigenvalue weighted by Crippen LogP contribution is -2.19. The Morgan fingerprint density at radius 3 is 3.09 bits per heavy atom. The Bertz CT molecular complexity index is 795. The molecular weight excluding hydrogens is 298 g/mol. The van der Waals surface area contributed by atoms with Gasteiger partial charge in [0.05, 0.1) is 6.54 Å². The number of nitrogens with zero attached hydrogens (tertiary/aromatic N) is 5. The van der Waals surface area contributed by atoms with Gasteiger partial charge in [0.1, 0.15) is 10.5 Å². The first-order valence-electron chi connectivity index (χ1n) is 7.21. The van der Waals surface area contributed by atoms with Crippen LogP contribution in [0.2, 0.25) is 0 Å². The maximum absolute atomic E-state index is 6.04. The normalized spacial score (nSPS) is 19.2. The molecule has 1 saturated heterocycles. The Morgan fingerprint density at radius 2 is 2.27 bits per heavy atom. The first kappa shape index (κ1) is 13.5. The summed E-state index contributed by atoms with van der Waals surface area (Å²) in [7, 11) is 0. The highest BCUT2D eigenvalue weighted by Crippen LogP contribution is 2.33. The molecule has 1 fully saturated rings. The summed E-state index contributed by atoms with van der Waals surface area (Å²) in [6.07, 6.45) is 4.87. The van der Waals surface area contributed by atoms with Crippen molar-refractivity contribution in [2.24, 2.45) is 0 Å². The Hall–Kier alpha value is -2.19. The highest BCUT2D eigenvalue weighted by molar-refractivity contribution is 7.09. The molecule has 0 aromatic carbocycles. The van der Waals surface area contributed by atoms with Crippen molar-refractivity contribution in [3.05, 3.63) is 34.4 Å². The maximum atomic E-state index is 6.04. The molecule has 0 saturated carbocycles. The Kier molecular flexibility index (Phi) is 3.20. The SMILES string of the molecule is Nc1nc(N)c2c([C@@H]3CCN(Cc4nccs4)C3)ccn2n1. The van der Waals surface area contributed by atoms with Crippen molar-refractivity contribution < 1.29 is 0 Å². The standard InChI is InChI=1S/C14H17N7S/c15-13-12-10(2-5-21(12)19-14(16)18-13)9-1-4-20(7-9)8-11-17-3-6-22-11/h2-3,5-6,9H,1,4,7-8H2,(H4,15,16,18,19)/t9-/m1/s1. The number of rotatable bonds is 3. The molecule has 114 valence electrons. The van der Waals surface area contributed by atoms with E-state index in [1.54, 1.807) is 15.9 Å². The van der Waals surface area contributed by atoms with Crippen molar-refractivity contribution in [3.8, 4) is 0 Å². The van der Waals surface area contributed by atoms with Crippen molar-refractivity contribution in [1.82, 2.24) is 24.5 Å². The van der Waals surface area contributed by atoms with Gasteiger partial charge in [0.25, 0.3) is 0 Å². The fraction of sp³-hybridized carbons (Fsp3) is 0.357. The summed E-state index contributed by atoms with van der Waals surface area (Å²) < 4.78 is 1.73. The van der Waals surface area contributed by atoms with Crippen LogP contribution >= 0.6 is 11.3 Å². The minimum Gasteiger partial charge on any atom is -0.382 e. The zero-order valence-electron chi connectivity index (χ0n) is 12.0. The van der Waals surface area contributed by atoms with E-state index in [2.05, 4.69) is 26.0 Å². The molecule has 0 spiro atoms. The zero-order chi connectivity index (χ0) is 15.1. The van der Waals surface area contributed by atoms with Crippen molar-refractivity contribution in [2.75, 3.05) is 24.6 Å². The molecule has 4 rings (SSSR count). The molecule has 0 aliphatic carbocycles. The van der Waals surface area contributed by atoms with Crippen LogP contribution in [0.1, 0.15) is 22.9 Å². The second-order valence-corrected chi connectivity index (χ2v) is 6.55. The molecule has 4 heterocycles. The molecule has 8 heteroatoms. The number of hydrogen-bond donors (Lipinski definition) is 2. The second-order valence-electron chi connectivity index (χ2n) is 5.57. The molecule has 0 unspecified atom stereocenters. The third kappa shape index (κ3) is 2.30. The van der Waals surface area contributed by atoms with Crippen LogP contribution < -0.4 is 11.5 Å². The summed E-state index contributed by atoms with van der Waals surface area (Å²) in [5, 5.41) is 7.38. The lowest BCUT2D eigenvalue weighted by Gasteiger charge is -2.14. The average molecular weight is 315 g/mol. The van der Waals surface area contributed by atoms with E-state index in [0.717, 1.165) is 36.6 Å². The van der Waals surface area contributed by atoms with E-state index in [-0.39, 0.29) is 5.95 Å². The Morgan fingerprint density at radius 1 is 1.36 bits per heavy atom. The molecule has 0 bridgehead atoms. The molecular formula is C14H17N7S. The number of anilines is 2. The lowest BCUT2D eigenvalue weighted by atomic mass is 10.00. The Balaban J connectivity index is 1.58. The van der Waals surface area contributed by atoms with Gasteiger partial charge in [0, 0.05) is 30.2 Å². The van der Waals surface area contributed by atoms with Crippen molar-refractivity contribution in [3.63, 3.8) is 0 Å². The quantitative estimate of drug-likeness (QED) is 0.757. The fourth-order valence-corrected chi connectivity index (χ4v) is 3.83.